The van der Waals surface area contributed by atoms with Gasteiger partial charge >= 0.3 is 0 Å². The van der Waals surface area contributed by atoms with Crippen LogP contribution in [0.4, 0.5) is 17.5 Å². The summed E-state index contributed by atoms with van der Waals surface area (Å²) in [7, 11) is 0. The van der Waals surface area contributed by atoms with Crippen LogP contribution in [0, 0.1) is 0 Å². The molecule has 0 spiro atoms. The van der Waals surface area contributed by atoms with Crippen LogP contribution in [0.2, 0.25) is 0 Å². The van der Waals surface area contributed by atoms with Crippen LogP contribution in [-0.4, -0.2) is 61.2 Å². The third-order valence-electron chi connectivity index (χ3n) is 4.94. The molecule has 0 unspecified atom stereocenters. The van der Waals surface area contributed by atoms with E-state index in [4.69, 9.17) is 15.5 Å². The highest BCUT2D eigenvalue weighted by Gasteiger charge is 2.20. The molecule has 1 aromatic heterocycles. The molecular weight excluding hydrogens is 396 g/mol. The number of benzene rings is 1. The number of hydrogen-bond acceptors (Lipinski definition) is 7. The van der Waals surface area contributed by atoms with Crippen molar-refractivity contribution >= 4 is 29.3 Å². The number of carbonyl (C=O) groups is 2. The Balaban J connectivity index is 1.93. The lowest BCUT2D eigenvalue weighted by molar-refractivity contribution is 0.0995. The summed E-state index contributed by atoms with van der Waals surface area (Å²) in [6.45, 7) is 8.48. The maximum absolute atomic E-state index is 13.0. The minimum atomic E-state index is -0.551. The van der Waals surface area contributed by atoms with E-state index >= 15 is 0 Å². The quantitative estimate of drug-likeness (QED) is 0.632. The molecule has 3 N–H and O–H groups in total. The number of rotatable bonds is 9. The maximum Gasteiger partial charge on any atom is 0.274 e. The summed E-state index contributed by atoms with van der Waals surface area (Å²) in [6.07, 6.45) is 1.90. The molecule has 31 heavy (non-hydrogen) atoms. The van der Waals surface area contributed by atoms with Crippen LogP contribution < -0.4 is 20.9 Å². The van der Waals surface area contributed by atoms with Crippen molar-refractivity contribution in [1.82, 2.24) is 9.97 Å². The highest BCUT2D eigenvalue weighted by atomic mass is 16.5. The third kappa shape index (κ3) is 5.91. The number of morpholine rings is 1. The molecule has 1 aromatic carbocycles. The summed E-state index contributed by atoms with van der Waals surface area (Å²) in [5.41, 5.74) is 6.42. The predicted molar refractivity (Wildman–Crippen MR) is 121 cm³/mol. The fourth-order valence-electron chi connectivity index (χ4n) is 3.43. The normalized spacial score (nSPS) is 13.7. The van der Waals surface area contributed by atoms with E-state index < -0.39 is 5.91 Å². The molecule has 2 heterocycles. The van der Waals surface area contributed by atoms with Crippen molar-refractivity contribution in [3.63, 3.8) is 0 Å². The van der Waals surface area contributed by atoms with Crippen LogP contribution in [0.15, 0.2) is 30.3 Å². The lowest BCUT2D eigenvalue weighted by Crippen LogP contribution is -2.37. The number of nitrogens with zero attached hydrogens (tertiary/aromatic N) is 4. The van der Waals surface area contributed by atoms with Crippen molar-refractivity contribution in [3.05, 3.63) is 41.6 Å². The standard InChI is InChI=1S/C22H30N6O3/c1-3-8-28(9-4-2)22-25-18(15-19(26-22)27-10-12-31-13-11-27)21(30)24-17-7-5-6-16(14-17)20(23)29/h5-7,14-15H,3-4,8-13H2,1-2H3,(H2,23,29)(H,24,30). The van der Waals surface area contributed by atoms with Crippen LogP contribution in [0.25, 0.3) is 0 Å². The first-order valence-electron chi connectivity index (χ1n) is 10.7. The van der Waals surface area contributed by atoms with E-state index in [0.717, 1.165) is 25.9 Å². The molecule has 3 rings (SSSR count). The molecule has 1 fully saturated rings. The van der Waals surface area contributed by atoms with E-state index in [2.05, 4.69) is 33.9 Å². The average molecular weight is 427 g/mol. The van der Waals surface area contributed by atoms with Crippen LogP contribution in [-0.2, 0) is 4.74 Å². The lowest BCUT2D eigenvalue weighted by atomic mass is 10.2. The number of nitrogens with two attached hydrogens (primary N) is 1. The minimum absolute atomic E-state index is 0.271. The molecule has 9 nitrogen and oxygen atoms in total. The molecule has 1 aliphatic heterocycles. The number of hydrogen-bond donors (Lipinski definition) is 2. The summed E-state index contributed by atoms with van der Waals surface area (Å²) >= 11 is 0. The van der Waals surface area contributed by atoms with Crippen molar-refractivity contribution in [3.8, 4) is 0 Å². The van der Waals surface area contributed by atoms with Crippen molar-refractivity contribution < 1.29 is 14.3 Å². The van der Waals surface area contributed by atoms with Gasteiger partial charge < -0.3 is 25.6 Å². The summed E-state index contributed by atoms with van der Waals surface area (Å²) in [5, 5.41) is 2.82. The van der Waals surface area contributed by atoms with Crippen molar-refractivity contribution in [1.29, 1.82) is 0 Å². The highest BCUT2D eigenvalue weighted by Crippen LogP contribution is 2.21. The molecule has 1 saturated heterocycles. The highest BCUT2D eigenvalue weighted by molar-refractivity contribution is 6.04. The molecule has 0 aliphatic carbocycles. The molecule has 0 saturated carbocycles. The number of ether oxygens (including phenoxy) is 1. The van der Waals surface area contributed by atoms with Crippen molar-refractivity contribution in [2.45, 2.75) is 26.7 Å². The van der Waals surface area contributed by atoms with Gasteiger partial charge in [-0.05, 0) is 31.0 Å². The number of aromatic nitrogens is 2. The van der Waals surface area contributed by atoms with Gasteiger partial charge in [-0.2, -0.15) is 4.98 Å². The fourth-order valence-corrected chi connectivity index (χ4v) is 3.43. The number of amides is 2. The van der Waals surface area contributed by atoms with Gasteiger partial charge in [0.1, 0.15) is 11.5 Å². The largest absolute Gasteiger partial charge is 0.378 e. The van der Waals surface area contributed by atoms with Gasteiger partial charge in [-0.3, -0.25) is 9.59 Å². The van der Waals surface area contributed by atoms with Crippen molar-refractivity contribution in [2.24, 2.45) is 5.73 Å². The van der Waals surface area contributed by atoms with Crippen LogP contribution in [0.5, 0.6) is 0 Å². The molecule has 9 heteroatoms. The first-order valence-corrected chi connectivity index (χ1v) is 10.7. The number of anilines is 3. The Morgan fingerprint density at radius 1 is 1.13 bits per heavy atom. The zero-order valence-electron chi connectivity index (χ0n) is 18.1. The van der Waals surface area contributed by atoms with E-state index in [0.29, 0.717) is 49.3 Å². The van der Waals surface area contributed by atoms with Crippen LogP contribution in [0.1, 0.15) is 47.5 Å². The zero-order chi connectivity index (χ0) is 22.2. The molecule has 0 bridgehead atoms. The Bertz CT molecular complexity index is 908. The number of primary amides is 1. The molecule has 2 aromatic rings. The maximum atomic E-state index is 13.0. The molecule has 1 aliphatic rings. The Morgan fingerprint density at radius 2 is 1.84 bits per heavy atom. The zero-order valence-corrected chi connectivity index (χ0v) is 18.1. The summed E-state index contributed by atoms with van der Waals surface area (Å²) in [5.74, 6) is 0.336. The van der Waals surface area contributed by atoms with Crippen LogP contribution >= 0.6 is 0 Å². The Labute approximate surface area is 182 Å². The second kappa shape index (κ2) is 10.7. The number of carbonyl (C=O) groups excluding carboxylic acids is 2. The molecule has 2 amide bonds. The molecular formula is C22H30N6O3. The third-order valence-corrected chi connectivity index (χ3v) is 4.94. The molecule has 166 valence electrons. The van der Waals surface area contributed by atoms with E-state index in [1.54, 1.807) is 30.3 Å². The van der Waals surface area contributed by atoms with Gasteiger partial charge in [-0.15, -0.1) is 0 Å². The van der Waals surface area contributed by atoms with E-state index in [1.807, 2.05) is 0 Å². The van der Waals surface area contributed by atoms with Gasteiger partial charge in [-0.1, -0.05) is 19.9 Å². The Hall–Kier alpha value is -3.20. The Morgan fingerprint density at radius 3 is 2.48 bits per heavy atom. The second-order valence-electron chi connectivity index (χ2n) is 7.40. The smallest absolute Gasteiger partial charge is 0.274 e. The van der Waals surface area contributed by atoms with Gasteiger partial charge in [0, 0.05) is 43.5 Å². The summed E-state index contributed by atoms with van der Waals surface area (Å²) in [4.78, 5) is 38.0. The predicted octanol–water partition coefficient (Wildman–Crippen LogP) is 2.29. The van der Waals surface area contributed by atoms with Gasteiger partial charge in [0.15, 0.2) is 0 Å². The van der Waals surface area contributed by atoms with Gasteiger partial charge in [0.25, 0.3) is 5.91 Å². The number of nitrogens with one attached hydrogen (secondary N) is 1. The van der Waals surface area contributed by atoms with Gasteiger partial charge in [-0.25, -0.2) is 4.98 Å². The first-order chi connectivity index (χ1) is 15.0. The van der Waals surface area contributed by atoms with E-state index in [9.17, 15) is 9.59 Å². The minimum Gasteiger partial charge on any atom is -0.378 e. The molecule has 0 radical (unpaired) electrons. The van der Waals surface area contributed by atoms with E-state index in [-0.39, 0.29) is 11.6 Å². The first kappa shape index (κ1) is 22.5. The lowest BCUT2D eigenvalue weighted by Gasteiger charge is -2.29. The topological polar surface area (TPSA) is 114 Å². The molecule has 0 atom stereocenters. The van der Waals surface area contributed by atoms with Crippen molar-refractivity contribution in [2.75, 3.05) is 54.5 Å². The monoisotopic (exact) mass is 426 g/mol. The van der Waals surface area contributed by atoms with E-state index in [1.165, 1.54) is 0 Å². The van der Waals surface area contributed by atoms with Crippen LogP contribution in [0.3, 0.4) is 0 Å². The van der Waals surface area contributed by atoms with Gasteiger partial charge in [0.05, 0.1) is 13.2 Å². The van der Waals surface area contributed by atoms with Gasteiger partial charge in [0.2, 0.25) is 11.9 Å². The summed E-state index contributed by atoms with van der Waals surface area (Å²) in [6, 6.07) is 8.23. The SMILES string of the molecule is CCCN(CCC)c1nc(C(=O)Nc2cccc(C(N)=O)c2)cc(N2CCOCC2)n1. The Kier molecular flexibility index (Phi) is 7.77. The summed E-state index contributed by atoms with van der Waals surface area (Å²) < 4.78 is 5.45. The average Bonchev–Trinajstić information content (AvgIpc) is 2.79. The fraction of sp³-hybridized carbons (Fsp3) is 0.455. The second-order valence-corrected chi connectivity index (χ2v) is 7.40.